The van der Waals surface area contributed by atoms with Crippen molar-refractivity contribution in [3.05, 3.63) is 35.8 Å². The van der Waals surface area contributed by atoms with E-state index < -0.39 is 0 Å². The summed E-state index contributed by atoms with van der Waals surface area (Å²) < 4.78 is 15.2. The molecule has 0 aliphatic heterocycles. The topological polar surface area (TPSA) is 4.93 Å². The Morgan fingerprint density at radius 3 is 2.64 bits per heavy atom. The van der Waals surface area contributed by atoms with Crippen molar-refractivity contribution < 1.29 is 4.39 Å². The molecule has 74 valence electrons. The molecule has 2 aromatic rings. The molecule has 1 aromatic heterocycles. The fourth-order valence-electron chi connectivity index (χ4n) is 1.82. The van der Waals surface area contributed by atoms with Gasteiger partial charge in [0.15, 0.2) is 0 Å². The highest BCUT2D eigenvalue weighted by atomic mass is 19.1. The molecule has 0 N–H and O–H groups in total. The first-order chi connectivity index (χ1) is 6.59. The minimum absolute atomic E-state index is 0.165. The Morgan fingerprint density at radius 1 is 1.29 bits per heavy atom. The van der Waals surface area contributed by atoms with Crippen LogP contribution in [0.3, 0.4) is 0 Å². The third kappa shape index (κ3) is 1.31. The predicted molar refractivity (Wildman–Crippen MR) is 57.0 cm³/mol. The maximum Gasteiger partial charge on any atom is 0.123 e. The van der Waals surface area contributed by atoms with Crippen LogP contribution in [0.15, 0.2) is 24.4 Å². The largest absolute Gasteiger partial charge is 0.345 e. The fourth-order valence-corrected chi connectivity index (χ4v) is 1.82. The van der Waals surface area contributed by atoms with Gasteiger partial charge in [-0.2, -0.15) is 0 Å². The summed E-state index contributed by atoms with van der Waals surface area (Å²) >= 11 is 0. The molecule has 0 bridgehead atoms. The maximum absolute atomic E-state index is 13.0. The highest BCUT2D eigenvalue weighted by Gasteiger charge is 2.07. The first kappa shape index (κ1) is 9.25. The molecule has 0 saturated heterocycles. The van der Waals surface area contributed by atoms with E-state index in [4.69, 9.17) is 0 Å². The lowest BCUT2D eigenvalue weighted by Crippen LogP contribution is -1.97. The molecule has 0 saturated carbocycles. The SMILES string of the molecule is Cc1cn(C(C)C)c2ccc(F)cc12. The van der Waals surface area contributed by atoms with Gasteiger partial charge in [0, 0.05) is 23.1 Å². The number of aromatic nitrogens is 1. The van der Waals surface area contributed by atoms with Crippen LogP contribution in [-0.2, 0) is 0 Å². The summed E-state index contributed by atoms with van der Waals surface area (Å²) in [6.45, 7) is 6.27. The second-order valence-electron chi connectivity index (χ2n) is 3.97. The first-order valence-corrected chi connectivity index (χ1v) is 4.86. The van der Waals surface area contributed by atoms with Gasteiger partial charge in [-0.1, -0.05) is 0 Å². The van der Waals surface area contributed by atoms with Gasteiger partial charge in [0.25, 0.3) is 0 Å². The number of hydrogen-bond acceptors (Lipinski definition) is 0. The van der Waals surface area contributed by atoms with E-state index in [1.165, 1.54) is 6.07 Å². The van der Waals surface area contributed by atoms with E-state index in [9.17, 15) is 4.39 Å². The van der Waals surface area contributed by atoms with Gasteiger partial charge in [0.05, 0.1) is 0 Å². The van der Waals surface area contributed by atoms with E-state index in [0.29, 0.717) is 6.04 Å². The van der Waals surface area contributed by atoms with Gasteiger partial charge in [-0.05, 0) is 44.5 Å². The quantitative estimate of drug-likeness (QED) is 0.648. The Kier molecular flexibility index (Phi) is 2.06. The molecule has 14 heavy (non-hydrogen) atoms. The molecule has 2 rings (SSSR count). The second-order valence-corrected chi connectivity index (χ2v) is 3.97. The van der Waals surface area contributed by atoms with Crippen LogP contribution >= 0.6 is 0 Å². The molecule has 0 fully saturated rings. The smallest absolute Gasteiger partial charge is 0.123 e. The molecule has 0 aliphatic carbocycles. The molecule has 1 heterocycles. The summed E-state index contributed by atoms with van der Waals surface area (Å²) in [7, 11) is 0. The Hall–Kier alpha value is -1.31. The zero-order valence-electron chi connectivity index (χ0n) is 8.71. The average Bonchev–Trinajstić information content (AvgIpc) is 2.44. The van der Waals surface area contributed by atoms with Crippen molar-refractivity contribution in [3.8, 4) is 0 Å². The number of rotatable bonds is 1. The molecule has 0 unspecified atom stereocenters. The van der Waals surface area contributed by atoms with Crippen LogP contribution in [0.5, 0.6) is 0 Å². The van der Waals surface area contributed by atoms with E-state index >= 15 is 0 Å². The van der Waals surface area contributed by atoms with Crippen LogP contribution < -0.4 is 0 Å². The number of benzene rings is 1. The highest BCUT2D eigenvalue weighted by molar-refractivity contribution is 5.83. The maximum atomic E-state index is 13.0. The lowest BCUT2D eigenvalue weighted by atomic mass is 10.2. The van der Waals surface area contributed by atoms with Crippen molar-refractivity contribution >= 4 is 10.9 Å². The molecule has 0 amide bonds. The summed E-state index contributed by atoms with van der Waals surface area (Å²) in [5.41, 5.74) is 2.24. The van der Waals surface area contributed by atoms with Gasteiger partial charge in [-0.15, -0.1) is 0 Å². The van der Waals surface area contributed by atoms with E-state index in [1.54, 1.807) is 6.07 Å². The number of hydrogen-bond donors (Lipinski definition) is 0. The number of fused-ring (bicyclic) bond motifs is 1. The van der Waals surface area contributed by atoms with Crippen molar-refractivity contribution in [3.63, 3.8) is 0 Å². The van der Waals surface area contributed by atoms with Crippen molar-refractivity contribution in [1.29, 1.82) is 0 Å². The lowest BCUT2D eigenvalue weighted by Gasteiger charge is -2.08. The second kappa shape index (κ2) is 3.12. The number of aryl methyl sites for hydroxylation is 1. The average molecular weight is 191 g/mol. The van der Waals surface area contributed by atoms with Gasteiger partial charge < -0.3 is 4.57 Å². The van der Waals surface area contributed by atoms with Crippen molar-refractivity contribution in [2.24, 2.45) is 0 Å². The number of halogens is 1. The minimum atomic E-state index is -0.165. The fraction of sp³-hybridized carbons (Fsp3) is 0.333. The van der Waals surface area contributed by atoms with Crippen LogP contribution in [-0.4, -0.2) is 4.57 Å². The molecular formula is C12H14FN. The van der Waals surface area contributed by atoms with Gasteiger partial charge in [0.2, 0.25) is 0 Å². The van der Waals surface area contributed by atoms with E-state index in [1.807, 2.05) is 13.0 Å². The summed E-state index contributed by atoms with van der Waals surface area (Å²) in [5, 5.41) is 1.01. The molecule has 0 spiro atoms. The molecule has 1 aromatic carbocycles. The Balaban J connectivity index is 2.77. The third-order valence-electron chi connectivity index (χ3n) is 2.55. The highest BCUT2D eigenvalue weighted by Crippen LogP contribution is 2.24. The molecule has 0 radical (unpaired) electrons. The van der Waals surface area contributed by atoms with Crippen LogP contribution in [0.1, 0.15) is 25.5 Å². The molecule has 0 atom stereocenters. The molecular weight excluding hydrogens is 177 g/mol. The monoisotopic (exact) mass is 191 g/mol. The van der Waals surface area contributed by atoms with Crippen LogP contribution in [0.2, 0.25) is 0 Å². The van der Waals surface area contributed by atoms with Crippen molar-refractivity contribution in [2.45, 2.75) is 26.8 Å². The normalized spacial score (nSPS) is 11.5. The molecule has 2 heteroatoms. The van der Waals surface area contributed by atoms with Gasteiger partial charge >= 0.3 is 0 Å². The lowest BCUT2D eigenvalue weighted by molar-refractivity contribution is 0.618. The van der Waals surface area contributed by atoms with E-state index in [0.717, 1.165) is 16.5 Å². The van der Waals surface area contributed by atoms with E-state index in [2.05, 4.69) is 24.6 Å². The Morgan fingerprint density at radius 2 is 2.00 bits per heavy atom. The van der Waals surface area contributed by atoms with Crippen LogP contribution in [0, 0.1) is 12.7 Å². The van der Waals surface area contributed by atoms with Gasteiger partial charge in [-0.25, -0.2) is 4.39 Å². The van der Waals surface area contributed by atoms with Crippen molar-refractivity contribution in [1.82, 2.24) is 4.57 Å². The minimum Gasteiger partial charge on any atom is -0.345 e. The Labute approximate surface area is 83.2 Å². The first-order valence-electron chi connectivity index (χ1n) is 4.86. The summed E-state index contributed by atoms with van der Waals surface area (Å²) in [4.78, 5) is 0. The summed E-state index contributed by atoms with van der Waals surface area (Å²) in [6.07, 6.45) is 2.08. The molecule has 0 aliphatic rings. The zero-order chi connectivity index (χ0) is 10.3. The standard InChI is InChI=1S/C12H14FN/c1-8(2)14-7-9(3)11-6-10(13)4-5-12(11)14/h4-8H,1-3H3. The van der Waals surface area contributed by atoms with E-state index in [-0.39, 0.29) is 5.82 Å². The summed E-state index contributed by atoms with van der Waals surface area (Å²) in [5.74, 6) is -0.165. The zero-order valence-corrected chi connectivity index (χ0v) is 8.71. The predicted octanol–water partition coefficient (Wildman–Crippen LogP) is 3.67. The van der Waals surface area contributed by atoms with Gasteiger partial charge in [-0.3, -0.25) is 0 Å². The molecule has 1 nitrogen and oxygen atoms in total. The third-order valence-corrected chi connectivity index (χ3v) is 2.55. The Bertz CT molecular complexity index is 468. The summed E-state index contributed by atoms with van der Waals surface area (Å²) in [6, 6.07) is 5.37. The van der Waals surface area contributed by atoms with Crippen molar-refractivity contribution in [2.75, 3.05) is 0 Å². The number of nitrogens with zero attached hydrogens (tertiary/aromatic N) is 1. The van der Waals surface area contributed by atoms with Gasteiger partial charge in [0.1, 0.15) is 5.82 Å². The van der Waals surface area contributed by atoms with Crippen LogP contribution in [0.4, 0.5) is 4.39 Å². The van der Waals surface area contributed by atoms with Crippen LogP contribution in [0.25, 0.3) is 10.9 Å².